The second-order valence-electron chi connectivity index (χ2n) is 16.3. The van der Waals surface area contributed by atoms with Gasteiger partial charge in [0.25, 0.3) is 40.5 Å². The average Bonchev–Trinajstić information content (AvgIpc) is 3.52. The molecule has 0 fully saturated rings. The summed E-state index contributed by atoms with van der Waals surface area (Å²) >= 11 is 0.481. The van der Waals surface area contributed by atoms with Crippen molar-refractivity contribution in [3.8, 4) is 0 Å². The van der Waals surface area contributed by atoms with Crippen LogP contribution in [0.4, 0.5) is 11.4 Å². The third-order valence-corrected chi connectivity index (χ3v) is 15.4. The maximum Gasteiger partial charge on any atom is 0.303 e. The van der Waals surface area contributed by atoms with Gasteiger partial charge in [-0.25, -0.2) is 5.26 Å². The molecule has 0 aliphatic carbocycles. The Hall–Kier alpha value is -4.31. The highest BCUT2D eigenvalue weighted by Crippen LogP contribution is 2.52. The van der Waals surface area contributed by atoms with Crippen molar-refractivity contribution in [2.24, 2.45) is 0 Å². The molecule has 0 saturated carbocycles. The van der Waals surface area contributed by atoms with E-state index in [4.69, 9.17) is 5.26 Å². The molecule has 6 N–H and O–H groups in total. The normalized spacial score (nSPS) is 17.0. The summed E-state index contributed by atoms with van der Waals surface area (Å²) in [5.74, 6) is -1.53. The van der Waals surface area contributed by atoms with Crippen LogP contribution in [-0.2, 0) is 65.5 Å². The van der Waals surface area contributed by atoms with Crippen LogP contribution >= 0.6 is 12.0 Å². The molecule has 4 aromatic rings. The van der Waals surface area contributed by atoms with Crippen LogP contribution in [0.25, 0.3) is 21.5 Å². The fraction of sp³-hybridized carbons (Fsp3) is 0.350. The molecule has 24 heteroatoms. The van der Waals surface area contributed by atoms with Crippen LogP contribution in [0.2, 0.25) is 0 Å². The third kappa shape index (κ3) is 9.92. The number of nitrogens with zero attached hydrogens (tertiary/aromatic N) is 2. The van der Waals surface area contributed by atoms with Gasteiger partial charge >= 0.3 is 5.97 Å². The van der Waals surface area contributed by atoms with E-state index in [0.717, 1.165) is 12.1 Å². The molecule has 2 aliphatic heterocycles. The molecular weight excluding hydrogens is 941 g/mol. The van der Waals surface area contributed by atoms with Crippen molar-refractivity contribution in [2.45, 2.75) is 90.2 Å². The second-order valence-corrected chi connectivity index (χ2v) is 22.8. The van der Waals surface area contributed by atoms with E-state index in [9.17, 15) is 61.8 Å². The smallest absolute Gasteiger partial charge is 0.303 e. The van der Waals surface area contributed by atoms with Crippen molar-refractivity contribution in [1.82, 2.24) is 0 Å². The number of unbranched alkanes of at least 4 members (excludes halogenated alkanes) is 2. The Kier molecular flexibility index (Phi) is 13.7. The van der Waals surface area contributed by atoms with Crippen molar-refractivity contribution >= 4 is 97.1 Å². The first-order valence-electron chi connectivity index (χ1n) is 19.4. The zero-order chi connectivity index (χ0) is 47.4. The van der Waals surface area contributed by atoms with Gasteiger partial charge in [0.15, 0.2) is 5.71 Å². The number of hydrogen-bond acceptors (Lipinski definition) is 14. The summed E-state index contributed by atoms with van der Waals surface area (Å²) in [6.45, 7) is 7.68. The molecule has 346 valence electrons. The summed E-state index contributed by atoms with van der Waals surface area (Å²) in [4.78, 5) is 11.2. The second kappa shape index (κ2) is 17.8. The predicted octanol–water partition coefficient (Wildman–Crippen LogP) is 6.70. The Bertz CT molecular complexity index is 3140. The van der Waals surface area contributed by atoms with E-state index < -0.39 is 77.7 Å². The number of carboxylic acid groups (broad SMARTS) is 1. The van der Waals surface area contributed by atoms with E-state index in [-0.39, 0.29) is 35.1 Å². The number of carboxylic acids is 1. The van der Waals surface area contributed by atoms with Crippen molar-refractivity contribution in [2.75, 3.05) is 23.7 Å². The van der Waals surface area contributed by atoms with Crippen LogP contribution in [-0.4, -0.2) is 97.3 Å². The summed E-state index contributed by atoms with van der Waals surface area (Å²) in [5, 5.41) is 22.7. The Morgan fingerprint density at radius 3 is 1.97 bits per heavy atom. The summed E-state index contributed by atoms with van der Waals surface area (Å²) < 4.78 is 145. The molecular formula is C40H45N2O17S5+. The molecule has 2 aliphatic rings. The van der Waals surface area contributed by atoms with Crippen LogP contribution < -0.4 is 4.90 Å². The zero-order valence-corrected chi connectivity index (χ0v) is 38.7. The third-order valence-electron chi connectivity index (χ3n) is 11.4. The molecule has 0 atom stereocenters. The van der Waals surface area contributed by atoms with Gasteiger partial charge in [-0.05, 0) is 97.3 Å². The lowest BCUT2D eigenvalue weighted by Crippen LogP contribution is -2.29. The van der Waals surface area contributed by atoms with Gasteiger partial charge in [-0.3, -0.25) is 23.0 Å². The Morgan fingerprint density at radius 1 is 0.750 bits per heavy atom. The van der Waals surface area contributed by atoms with Crippen molar-refractivity contribution in [3.63, 3.8) is 0 Å². The minimum absolute atomic E-state index is 0.0112. The first-order valence-corrected chi connectivity index (χ1v) is 26.0. The number of anilines is 1. The van der Waals surface area contributed by atoms with Gasteiger partial charge in [0, 0.05) is 64.2 Å². The molecule has 0 saturated heterocycles. The highest BCUT2D eigenvalue weighted by molar-refractivity contribution is 7.94. The monoisotopic (exact) mass is 985 g/mol. The highest BCUT2D eigenvalue weighted by atomic mass is 32.2. The van der Waals surface area contributed by atoms with Crippen LogP contribution in [0.15, 0.2) is 92.0 Å². The number of carbonyl (C=O) groups is 1. The fourth-order valence-electron chi connectivity index (χ4n) is 8.75. The fourth-order valence-corrected chi connectivity index (χ4v) is 11.7. The van der Waals surface area contributed by atoms with Crippen LogP contribution in [0.1, 0.15) is 70.9 Å². The van der Waals surface area contributed by atoms with E-state index in [1.54, 1.807) is 36.4 Å². The van der Waals surface area contributed by atoms with Gasteiger partial charge in [0.1, 0.15) is 11.4 Å². The number of fused-ring (bicyclic) bond motifs is 6. The van der Waals surface area contributed by atoms with E-state index >= 15 is 0 Å². The largest absolute Gasteiger partial charge is 0.481 e. The maximum absolute atomic E-state index is 12.6. The van der Waals surface area contributed by atoms with E-state index in [0.29, 0.717) is 88.6 Å². The minimum atomic E-state index is -5.01. The summed E-state index contributed by atoms with van der Waals surface area (Å²) in [5.41, 5.74) is 1.27. The maximum atomic E-state index is 12.6. The van der Waals surface area contributed by atoms with E-state index in [1.807, 2.05) is 37.2 Å². The summed E-state index contributed by atoms with van der Waals surface area (Å²) in [6.07, 6.45) is 6.56. The quantitative estimate of drug-likeness (QED) is 0.0151. The van der Waals surface area contributed by atoms with Gasteiger partial charge in [-0.15, -0.1) is 4.33 Å². The van der Waals surface area contributed by atoms with Gasteiger partial charge in [-0.2, -0.15) is 38.2 Å². The highest BCUT2D eigenvalue weighted by Gasteiger charge is 2.47. The van der Waals surface area contributed by atoms with Crippen molar-refractivity contribution in [1.29, 1.82) is 0 Å². The molecule has 0 radical (unpaired) electrons. The standard InChI is InChI=1S/C40H44N2O17S5/c1-39(2)35(42(18-9-19-61(46,47)48)30-15-13-26-28(37(30)39)20-24(62(49,50)51)22-32(26)60-59-58-45)11-8-10-34-40(3,4)38-29-21-25(63(52,53)54)23-33(64(55,56)57)27(29)14-16-31(38)41(34)17-7-5-6-12-36(43)44/h8,10-11,13-16,20-23H,5-7,9,12,17-19H2,1-4H3,(H5-,43,44,45,46,47,48,49,50,51,52,53,54,55,56,57)/p+1. The first-order chi connectivity index (χ1) is 29.6. The lowest BCUT2D eigenvalue weighted by Gasteiger charge is -2.27. The Balaban J connectivity index is 1.55. The molecule has 0 unspecified atom stereocenters. The number of allylic oxidation sites excluding steroid dienone is 4. The molecule has 6 rings (SSSR count). The predicted molar refractivity (Wildman–Crippen MR) is 236 cm³/mol. The first kappa shape index (κ1) is 49.1. The SMILES string of the molecule is CC1(C)C(/C=C/C=C2/N(CCCS(=O)(=O)O)c3ccc4c(SOOO)cc(S(=O)(=O)O)cc4c3C2(C)C)=[N+](CCCCCC(=O)O)c2ccc3c(S(=O)(=O)O)cc(S(=O)(=O)O)cc3c21. The summed E-state index contributed by atoms with van der Waals surface area (Å²) in [7, 11) is -19.2. The number of aliphatic carboxylic acids is 1. The number of benzene rings is 4. The molecule has 2 heterocycles. The minimum Gasteiger partial charge on any atom is -0.481 e. The van der Waals surface area contributed by atoms with Gasteiger partial charge in [0.05, 0.1) is 33.0 Å². The molecule has 19 nitrogen and oxygen atoms in total. The molecule has 0 bridgehead atoms. The number of hydrogen-bond donors (Lipinski definition) is 6. The Morgan fingerprint density at radius 2 is 1.38 bits per heavy atom. The van der Waals surface area contributed by atoms with Crippen LogP contribution in [0.5, 0.6) is 0 Å². The molecule has 64 heavy (non-hydrogen) atoms. The van der Waals surface area contributed by atoms with Crippen molar-refractivity contribution < 1.29 is 81.0 Å². The van der Waals surface area contributed by atoms with Gasteiger partial charge in [0.2, 0.25) is 5.69 Å². The van der Waals surface area contributed by atoms with Crippen LogP contribution in [0.3, 0.4) is 0 Å². The average molecular weight is 986 g/mol. The molecule has 0 amide bonds. The van der Waals surface area contributed by atoms with Gasteiger partial charge in [-0.1, -0.05) is 31.0 Å². The number of rotatable bonds is 18. The molecule has 0 spiro atoms. The zero-order valence-electron chi connectivity index (χ0n) is 34.6. The molecule has 4 aromatic carbocycles. The Labute approximate surface area is 373 Å². The van der Waals surface area contributed by atoms with Gasteiger partial charge < -0.3 is 10.0 Å². The van der Waals surface area contributed by atoms with E-state index in [1.165, 1.54) is 12.1 Å². The molecule has 0 aromatic heterocycles. The summed E-state index contributed by atoms with van der Waals surface area (Å²) in [6, 6.07) is 10.6. The lowest BCUT2D eigenvalue weighted by atomic mass is 9.78. The van der Waals surface area contributed by atoms with E-state index in [2.05, 4.69) is 9.37 Å². The lowest BCUT2D eigenvalue weighted by molar-refractivity contribution is -0.438. The van der Waals surface area contributed by atoms with Crippen molar-refractivity contribution in [3.05, 3.63) is 83.6 Å². The van der Waals surface area contributed by atoms with Crippen LogP contribution in [0, 0.1) is 0 Å². The topological polar surface area (TPSA) is 300 Å².